The van der Waals surface area contributed by atoms with E-state index in [-0.39, 0.29) is 17.3 Å². The smallest absolute Gasteiger partial charge is 0.321 e. The maximum Gasteiger partial charge on any atom is 0.321 e. The molecule has 0 aliphatic carbocycles. The second-order valence-electron chi connectivity index (χ2n) is 3.81. The van der Waals surface area contributed by atoms with Crippen molar-refractivity contribution in [1.82, 2.24) is 10.6 Å². The molecule has 1 aliphatic rings. The minimum absolute atomic E-state index is 0.0407. The van der Waals surface area contributed by atoms with Crippen LogP contribution in [0.25, 0.3) is 0 Å². The van der Waals surface area contributed by atoms with E-state index in [1.165, 1.54) is 11.8 Å². The number of carbonyl (C=O) groups is 2. The van der Waals surface area contributed by atoms with Crippen molar-refractivity contribution in [3.05, 3.63) is 0 Å². The predicted molar refractivity (Wildman–Crippen MR) is 58.7 cm³/mol. The molecule has 15 heavy (non-hydrogen) atoms. The zero-order valence-electron chi connectivity index (χ0n) is 8.82. The first-order valence-electron chi connectivity index (χ1n) is 4.89. The van der Waals surface area contributed by atoms with Crippen LogP contribution in [-0.4, -0.2) is 40.2 Å². The van der Waals surface area contributed by atoms with Gasteiger partial charge in [-0.25, -0.2) is 0 Å². The number of carbonyl (C=O) groups excluding carboxylic acids is 1. The first-order chi connectivity index (χ1) is 6.99. The van der Waals surface area contributed by atoms with Crippen LogP contribution in [0, 0.1) is 0 Å². The summed E-state index contributed by atoms with van der Waals surface area (Å²) in [7, 11) is 0. The molecule has 1 rings (SSSR count). The van der Waals surface area contributed by atoms with Crippen LogP contribution in [0.3, 0.4) is 0 Å². The fourth-order valence-electron chi connectivity index (χ4n) is 1.34. The van der Waals surface area contributed by atoms with Gasteiger partial charge in [0, 0.05) is 11.8 Å². The van der Waals surface area contributed by atoms with Crippen molar-refractivity contribution < 1.29 is 14.7 Å². The van der Waals surface area contributed by atoms with Crippen LogP contribution in [0.15, 0.2) is 0 Å². The number of hydrogen-bond donors (Lipinski definition) is 3. The summed E-state index contributed by atoms with van der Waals surface area (Å²) in [5, 5.41) is 14.3. The molecule has 0 aromatic carbocycles. The van der Waals surface area contributed by atoms with E-state index in [0.29, 0.717) is 12.2 Å². The summed E-state index contributed by atoms with van der Waals surface area (Å²) in [6.45, 7) is 3.79. The van der Waals surface area contributed by atoms with Crippen molar-refractivity contribution in [2.45, 2.75) is 37.7 Å². The van der Waals surface area contributed by atoms with Gasteiger partial charge in [-0.3, -0.25) is 14.9 Å². The van der Waals surface area contributed by atoms with Crippen LogP contribution < -0.4 is 10.6 Å². The lowest BCUT2D eigenvalue weighted by molar-refractivity contribution is -0.138. The molecule has 1 heterocycles. The molecule has 86 valence electrons. The fourth-order valence-corrected chi connectivity index (χ4v) is 2.54. The third-order valence-electron chi connectivity index (χ3n) is 1.97. The summed E-state index contributed by atoms with van der Waals surface area (Å²) in [5.74, 6) is -0.370. The monoisotopic (exact) mass is 232 g/mol. The third kappa shape index (κ3) is 4.09. The topological polar surface area (TPSA) is 78.4 Å². The number of amides is 1. The lowest BCUT2D eigenvalue weighted by Crippen LogP contribution is -2.39. The van der Waals surface area contributed by atoms with Crippen LogP contribution >= 0.6 is 11.8 Å². The minimum Gasteiger partial charge on any atom is -0.480 e. The molecule has 6 heteroatoms. The molecule has 1 unspecified atom stereocenters. The van der Waals surface area contributed by atoms with E-state index in [0.717, 1.165) is 0 Å². The first kappa shape index (κ1) is 12.3. The van der Waals surface area contributed by atoms with Crippen molar-refractivity contribution in [3.63, 3.8) is 0 Å². The molecule has 5 nitrogen and oxygen atoms in total. The Labute approximate surface area is 93.0 Å². The Morgan fingerprint density at radius 1 is 1.60 bits per heavy atom. The number of aliphatic carboxylic acids is 1. The van der Waals surface area contributed by atoms with Gasteiger partial charge in [-0.15, -0.1) is 11.8 Å². The van der Waals surface area contributed by atoms with Crippen LogP contribution in [0.2, 0.25) is 0 Å². The van der Waals surface area contributed by atoms with Gasteiger partial charge in [0.25, 0.3) is 0 Å². The minimum atomic E-state index is -0.853. The first-order valence-corrected chi connectivity index (χ1v) is 5.93. The van der Waals surface area contributed by atoms with Gasteiger partial charge >= 0.3 is 5.97 Å². The summed E-state index contributed by atoms with van der Waals surface area (Å²) in [5.41, 5.74) is 0. The van der Waals surface area contributed by atoms with Gasteiger partial charge in [-0.1, -0.05) is 0 Å². The number of thioether (sulfide) groups is 1. The van der Waals surface area contributed by atoms with Crippen molar-refractivity contribution in [2.24, 2.45) is 0 Å². The normalized spacial score (nSPS) is 25.5. The number of nitrogens with one attached hydrogen (secondary N) is 2. The molecule has 0 saturated carbocycles. The van der Waals surface area contributed by atoms with Gasteiger partial charge in [0.15, 0.2) is 0 Å². The summed E-state index contributed by atoms with van der Waals surface area (Å²) >= 11 is 1.48. The van der Waals surface area contributed by atoms with Crippen molar-refractivity contribution in [2.75, 3.05) is 5.75 Å². The Morgan fingerprint density at radius 3 is 2.73 bits per heavy atom. The Morgan fingerprint density at radius 2 is 2.27 bits per heavy atom. The summed E-state index contributed by atoms with van der Waals surface area (Å²) in [6, 6.07) is -0.397. The van der Waals surface area contributed by atoms with Crippen molar-refractivity contribution in [1.29, 1.82) is 0 Å². The number of rotatable bonds is 4. The number of carboxylic acid groups (broad SMARTS) is 1. The molecule has 1 saturated heterocycles. The standard InChI is InChI=1S/C9H16N2O3S/c1-5(2)10-7(12)3-8-11-6(4-15-8)9(13)14/h5-6,8,11H,3-4H2,1-2H3,(H,10,12)(H,13,14)/t6-,8?/m0/s1. The quantitative estimate of drug-likeness (QED) is 0.637. The molecule has 0 radical (unpaired) electrons. The molecular formula is C9H16N2O3S. The van der Waals surface area contributed by atoms with Gasteiger partial charge in [-0.2, -0.15) is 0 Å². The molecule has 0 bridgehead atoms. The lowest BCUT2D eigenvalue weighted by Gasteiger charge is -2.12. The van der Waals surface area contributed by atoms with E-state index in [1.54, 1.807) is 0 Å². The lowest BCUT2D eigenvalue weighted by atomic mass is 10.3. The fraction of sp³-hybridized carbons (Fsp3) is 0.778. The Hall–Kier alpha value is -0.750. The summed E-state index contributed by atoms with van der Waals surface area (Å²) in [4.78, 5) is 22.0. The maximum absolute atomic E-state index is 11.4. The Balaban J connectivity index is 2.30. The number of hydrogen-bond acceptors (Lipinski definition) is 4. The van der Waals surface area contributed by atoms with E-state index in [2.05, 4.69) is 10.6 Å². The van der Waals surface area contributed by atoms with E-state index < -0.39 is 12.0 Å². The van der Waals surface area contributed by atoms with E-state index in [1.807, 2.05) is 13.8 Å². The molecule has 3 N–H and O–H groups in total. The molecule has 1 amide bonds. The van der Waals surface area contributed by atoms with Gasteiger partial charge in [0.1, 0.15) is 6.04 Å². The highest BCUT2D eigenvalue weighted by atomic mass is 32.2. The van der Waals surface area contributed by atoms with Crippen molar-refractivity contribution >= 4 is 23.6 Å². The zero-order valence-corrected chi connectivity index (χ0v) is 9.63. The highest BCUT2D eigenvalue weighted by Crippen LogP contribution is 2.21. The molecule has 0 aromatic heterocycles. The molecule has 0 aromatic rings. The summed E-state index contributed by atoms with van der Waals surface area (Å²) < 4.78 is 0. The zero-order chi connectivity index (χ0) is 11.4. The SMILES string of the molecule is CC(C)NC(=O)CC1N[C@H](C(=O)O)CS1. The molecule has 0 spiro atoms. The van der Waals surface area contributed by atoms with Crippen LogP contribution in [0.1, 0.15) is 20.3 Å². The highest BCUT2D eigenvalue weighted by molar-refractivity contribution is 8.00. The summed E-state index contributed by atoms with van der Waals surface area (Å²) in [6.07, 6.45) is 0.326. The Bertz CT molecular complexity index is 258. The largest absolute Gasteiger partial charge is 0.480 e. The molecular weight excluding hydrogens is 216 g/mol. The molecule has 1 fully saturated rings. The van der Waals surface area contributed by atoms with Gasteiger partial charge in [0.05, 0.1) is 11.8 Å². The average molecular weight is 232 g/mol. The van der Waals surface area contributed by atoms with Gasteiger partial charge in [0.2, 0.25) is 5.91 Å². The average Bonchev–Trinajstić information content (AvgIpc) is 2.50. The second-order valence-corrected chi connectivity index (χ2v) is 5.04. The molecule has 1 aliphatic heterocycles. The van der Waals surface area contributed by atoms with Gasteiger partial charge < -0.3 is 10.4 Å². The Kier molecular flexibility index (Phi) is 4.41. The third-order valence-corrected chi connectivity index (χ3v) is 3.20. The number of carboxylic acids is 1. The van der Waals surface area contributed by atoms with Crippen molar-refractivity contribution in [3.8, 4) is 0 Å². The van der Waals surface area contributed by atoms with E-state index in [9.17, 15) is 9.59 Å². The predicted octanol–water partition coefficient (Wildman–Crippen LogP) is 0.0168. The van der Waals surface area contributed by atoms with E-state index >= 15 is 0 Å². The second kappa shape index (κ2) is 5.37. The highest BCUT2D eigenvalue weighted by Gasteiger charge is 2.30. The molecule has 2 atom stereocenters. The van der Waals surface area contributed by atoms with Crippen LogP contribution in [0.5, 0.6) is 0 Å². The van der Waals surface area contributed by atoms with Gasteiger partial charge in [-0.05, 0) is 13.8 Å². The van der Waals surface area contributed by atoms with E-state index in [4.69, 9.17) is 5.11 Å². The maximum atomic E-state index is 11.4. The van der Waals surface area contributed by atoms with Crippen LogP contribution in [0.4, 0.5) is 0 Å². The van der Waals surface area contributed by atoms with Crippen LogP contribution in [-0.2, 0) is 9.59 Å².